The van der Waals surface area contributed by atoms with Gasteiger partial charge in [0, 0.05) is 32.9 Å². The molecule has 0 radical (unpaired) electrons. The van der Waals surface area contributed by atoms with Gasteiger partial charge in [0.15, 0.2) is 11.5 Å². The summed E-state index contributed by atoms with van der Waals surface area (Å²) < 4.78 is 16.4. The molecule has 3 rings (SSSR count). The fourth-order valence-electron chi connectivity index (χ4n) is 3.54. The van der Waals surface area contributed by atoms with Gasteiger partial charge >= 0.3 is 0 Å². The van der Waals surface area contributed by atoms with Crippen LogP contribution in [0.1, 0.15) is 36.0 Å². The maximum atomic E-state index is 12.9. The van der Waals surface area contributed by atoms with Gasteiger partial charge in [-0.05, 0) is 31.7 Å². The molecule has 26 heavy (non-hydrogen) atoms. The zero-order valence-corrected chi connectivity index (χ0v) is 15.7. The van der Waals surface area contributed by atoms with Crippen LogP contribution in [0.15, 0.2) is 24.3 Å². The summed E-state index contributed by atoms with van der Waals surface area (Å²) in [6.45, 7) is 6.78. The lowest BCUT2D eigenvalue weighted by molar-refractivity contribution is 0.0752. The molecule has 6 heteroatoms. The van der Waals surface area contributed by atoms with Gasteiger partial charge in [0.05, 0.1) is 31.0 Å². The van der Waals surface area contributed by atoms with Crippen molar-refractivity contribution < 1.29 is 19.0 Å². The molecule has 0 bridgehead atoms. The highest BCUT2D eigenvalue weighted by Gasteiger charge is 2.35. The number of fused-ring (bicyclic) bond motifs is 2. The lowest BCUT2D eigenvalue weighted by Gasteiger charge is -2.21. The number of ether oxygens (including phenoxy) is 3. The topological polar surface area (TPSA) is 60.0 Å². The largest absolute Gasteiger partial charge is 0.493 e. The molecular weight excluding hydrogens is 332 g/mol. The van der Waals surface area contributed by atoms with Crippen LogP contribution in [-0.4, -0.2) is 57.4 Å². The molecule has 1 atom stereocenters. The van der Waals surface area contributed by atoms with Gasteiger partial charge in [-0.25, -0.2) is 0 Å². The predicted molar refractivity (Wildman–Crippen MR) is 101 cm³/mol. The number of nitrogens with one attached hydrogen (secondary N) is 1. The van der Waals surface area contributed by atoms with Crippen molar-refractivity contribution in [3.63, 3.8) is 0 Å². The first-order valence-electron chi connectivity index (χ1n) is 9.19. The number of amides is 1. The average Bonchev–Trinajstić information content (AvgIpc) is 2.97. The average molecular weight is 360 g/mol. The van der Waals surface area contributed by atoms with Crippen LogP contribution in [0.3, 0.4) is 0 Å². The minimum absolute atomic E-state index is 0.0260. The van der Waals surface area contributed by atoms with Gasteiger partial charge in [-0.2, -0.15) is 0 Å². The van der Waals surface area contributed by atoms with E-state index in [0.29, 0.717) is 30.2 Å². The van der Waals surface area contributed by atoms with Crippen LogP contribution in [0.2, 0.25) is 0 Å². The molecule has 0 saturated carbocycles. The zero-order valence-electron chi connectivity index (χ0n) is 15.7. The Kier molecular flexibility index (Phi) is 6.04. The van der Waals surface area contributed by atoms with Crippen LogP contribution in [-0.2, 0) is 4.74 Å². The molecule has 2 heterocycles. The van der Waals surface area contributed by atoms with E-state index in [2.05, 4.69) is 11.9 Å². The zero-order chi connectivity index (χ0) is 18.5. The van der Waals surface area contributed by atoms with E-state index >= 15 is 0 Å². The third-order valence-electron chi connectivity index (χ3n) is 4.93. The molecule has 1 unspecified atom stereocenters. The number of unbranched alkanes of at least 4 members (excludes halogenated alkanes) is 2. The van der Waals surface area contributed by atoms with Crippen LogP contribution in [0.5, 0.6) is 11.5 Å². The molecule has 1 N–H and O–H groups in total. The number of anilines is 1. The van der Waals surface area contributed by atoms with E-state index in [1.54, 1.807) is 20.3 Å². The van der Waals surface area contributed by atoms with Crippen molar-refractivity contribution >= 4 is 11.6 Å². The Morgan fingerprint density at radius 1 is 1.19 bits per heavy atom. The highest BCUT2D eigenvalue weighted by Crippen LogP contribution is 2.37. The Morgan fingerprint density at radius 2 is 2.00 bits per heavy atom. The summed E-state index contributed by atoms with van der Waals surface area (Å²) in [6, 6.07) is 3.84. The summed E-state index contributed by atoms with van der Waals surface area (Å²) in [6.07, 6.45) is 3.89. The first-order chi connectivity index (χ1) is 12.6. The maximum Gasteiger partial charge on any atom is 0.256 e. The molecule has 2 aliphatic rings. The molecular formula is C20H28N2O4. The third-order valence-corrected chi connectivity index (χ3v) is 4.93. The number of carbonyl (C=O) groups is 1. The van der Waals surface area contributed by atoms with Gasteiger partial charge in [-0.3, -0.25) is 4.79 Å². The highest BCUT2D eigenvalue weighted by molar-refractivity contribution is 6.01. The molecule has 1 aromatic carbocycles. The van der Waals surface area contributed by atoms with Crippen LogP contribution in [0.25, 0.3) is 0 Å². The summed E-state index contributed by atoms with van der Waals surface area (Å²) in [5.74, 6) is 1.29. The Bertz CT molecular complexity index is 674. The molecule has 1 fully saturated rings. The summed E-state index contributed by atoms with van der Waals surface area (Å²) in [4.78, 5) is 14.8. The third kappa shape index (κ3) is 3.96. The van der Waals surface area contributed by atoms with Crippen molar-refractivity contribution in [3.05, 3.63) is 29.8 Å². The van der Waals surface area contributed by atoms with Crippen molar-refractivity contribution in [1.29, 1.82) is 0 Å². The van der Waals surface area contributed by atoms with E-state index < -0.39 is 0 Å². The minimum atomic E-state index is 0.0260. The monoisotopic (exact) mass is 360 g/mol. The number of hydrogen-bond donors (Lipinski definition) is 1. The van der Waals surface area contributed by atoms with E-state index in [1.165, 1.54) is 0 Å². The Balaban J connectivity index is 1.72. The molecule has 0 aromatic heterocycles. The molecule has 142 valence electrons. The highest BCUT2D eigenvalue weighted by atomic mass is 16.5. The van der Waals surface area contributed by atoms with Crippen molar-refractivity contribution in [2.24, 2.45) is 0 Å². The number of rotatable bonds is 8. The van der Waals surface area contributed by atoms with Gasteiger partial charge in [0.1, 0.15) is 0 Å². The van der Waals surface area contributed by atoms with Crippen molar-refractivity contribution in [2.45, 2.75) is 31.7 Å². The smallest absolute Gasteiger partial charge is 0.256 e. The van der Waals surface area contributed by atoms with Gasteiger partial charge < -0.3 is 24.4 Å². The number of methoxy groups -OCH3 is 2. The fourth-order valence-corrected chi connectivity index (χ4v) is 3.54. The number of benzene rings is 1. The molecule has 1 aromatic rings. The lowest BCUT2D eigenvalue weighted by atomic mass is 10.1. The Morgan fingerprint density at radius 3 is 2.77 bits per heavy atom. The number of hydrogen-bond acceptors (Lipinski definition) is 5. The first-order valence-corrected chi connectivity index (χ1v) is 9.19. The van der Waals surface area contributed by atoms with Gasteiger partial charge in [-0.1, -0.05) is 12.2 Å². The van der Waals surface area contributed by atoms with E-state index in [1.807, 2.05) is 11.0 Å². The van der Waals surface area contributed by atoms with E-state index in [9.17, 15) is 4.79 Å². The number of nitrogens with zero attached hydrogens (tertiary/aromatic N) is 1. The van der Waals surface area contributed by atoms with Crippen LogP contribution in [0.4, 0.5) is 5.69 Å². The predicted octanol–water partition coefficient (Wildman–Crippen LogP) is 3.09. The van der Waals surface area contributed by atoms with Crippen LogP contribution in [0, 0.1) is 0 Å². The van der Waals surface area contributed by atoms with E-state index in [-0.39, 0.29) is 11.9 Å². The summed E-state index contributed by atoms with van der Waals surface area (Å²) in [5.41, 5.74) is 2.55. The van der Waals surface area contributed by atoms with Gasteiger partial charge in [0.2, 0.25) is 0 Å². The first kappa shape index (κ1) is 18.6. The summed E-state index contributed by atoms with van der Waals surface area (Å²) in [5, 5.41) is 3.40. The van der Waals surface area contributed by atoms with Crippen LogP contribution < -0.4 is 14.8 Å². The maximum absolute atomic E-state index is 12.9. The second-order valence-electron chi connectivity index (χ2n) is 6.87. The number of carbonyl (C=O) groups excluding carboxylic acids is 1. The normalized spacial score (nSPS) is 18.8. The van der Waals surface area contributed by atoms with E-state index in [0.717, 1.165) is 50.1 Å². The Hall–Kier alpha value is -2.21. The van der Waals surface area contributed by atoms with Crippen molar-refractivity contribution in [2.75, 3.05) is 45.8 Å². The second kappa shape index (κ2) is 8.45. The summed E-state index contributed by atoms with van der Waals surface area (Å²) >= 11 is 0. The standard InChI is InChI=1S/C20H28N2O4/c1-14-9-15-12-21-17-11-19(26-8-6-4-5-7-24-2)18(25-3)10-16(17)20(23)22(15)13-14/h10-11,15,21H,1,4-9,12-13H2,2-3H3. The van der Waals surface area contributed by atoms with Crippen LogP contribution >= 0.6 is 0 Å². The SMILES string of the molecule is C=C1CC2CNc3cc(OCCCCCOC)c(OC)cc3C(=O)N2C1. The summed E-state index contributed by atoms with van der Waals surface area (Å²) in [7, 11) is 3.31. The molecule has 2 aliphatic heterocycles. The quantitative estimate of drug-likeness (QED) is 0.570. The van der Waals surface area contributed by atoms with Crippen molar-refractivity contribution in [3.8, 4) is 11.5 Å². The fraction of sp³-hybridized carbons (Fsp3) is 0.550. The Labute approximate surface area is 155 Å². The molecule has 1 amide bonds. The van der Waals surface area contributed by atoms with Crippen molar-refractivity contribution in [1.82, 2.24) is 4.90 Å². The lowest BCUT2D eigenvalue weighted by Crippen LogP contribution is -2.36. The molecule has 6 nitrogen and oxygen atoms in total. The minimum Gasteiger partial charge on any atom is -0.493 e. The molecule has 1 saturated heterocycles. The second-order valence-corrected chi connectivity index (χ2v) is 6.87. The molecule has 0 spiro atoms. The van der Waals surface area contributed by atoms with Gasteiger partial charge in [-0.15, -0.1) is 0 Å². The van der Waals surface area contributed by atoms with Gasteiger partial charge in [0.25, 0.3) is 5.91 Å². The molecule has 0 aliphatic carbocycles. The van der Waals surface area contributed by atoms with E-state index in [4.69, 9.17) is 14.2 Å².